The fraction of sp³-hybridized carbons (Fsp3) is 0.364. The highest BCUT2D eigenvalue weighted by Crippen LogP contribution is 2.38. The zero-order valence-corrected chi connectivity index (χ0v) is 20.5. The third-order valence-corrected chi connectivity index (χ3v) is 6.38. The molecule has 1 aliphatic carbocycles. The van der Waals surface area contributed by atoms with Gasteiger partial charge in [0, 0.05) is 12.2 Å². The molecule has 0 aromatic carbocycles. The van der Waals surface area contributed by atoms with Gasteiger partial charge >= 0.3 is 12.2 Å². The number of urea groups is 1. The molecule has 37 heavy (non-hydrogen) atoms. The summed E-state index contributed by atoms with van der Waals surface area (Å²) in [5, 5.41) is 13.3. The number of nitrogens with one attached hydrogen (secondary N) is 2. The fourth-order valence-corrected chi connectivity index (χ4v) is 4.38. The lowest BCUT2D eigenvalue weighted by molar-refractivity contribution is -0.137. The number of amides is 2. The summed E-state index contributed by atoms with van der Waals surface area (Å²) in [7, 11) is 1.22. The Balaban J connectivity index is 1.43. The Morgan fingerprint density at radius 3 is 2.59 bits per heavy atom. The lowest BCUT2D eigenvalue weighted by Gasteiger charge is -2.17. The maximum atomic E-state index is 13.8. The maximum Gasteiger partial charge on any atom is 0.420 e. The topological polar surface area (TPSA) is 129 Å². The summed E-state index contributed by atoms with van der Waals surface area (Å²) < 4.78 is 52.4. The van der Waals surface area contributed by atoms with Crippen LogP contribution in [0.15, 0.2) is 24.7 Å². The first-order valence-electron chi connectivity index (χ1n) is 11.2. The Hall–Kier alpha value is -3.85. The average molecular weight is 535 g/mol. The second kappa shape index (κ2) is 9.89. The highest BCUT2D eigenvalue weighted by atomic mass is 32.1. The van der Waals surface area contributed by atoms with Crippen molar-refractivity contribution in [3.05, 3.63) is 40.8 Å². The van der Waals surface area contributed by atoms with Crippen LogP contribution in [0.2, 0.25) is 0 Å². The van der Waals surface area contributed by atoms with Gasteiger partial charge in [0.15, 0.2) is 5.82 Å². The van der Waals surface area contributed by atoms with Gasteiger partial charge in [-0.1, -0.05) is 11.3 Å². The van der Waals surface area contributed by atoms with Crippen molar-refractivity contribution >= 4 is 39.1 Å². The predicted molar refractivity (Wildman–Crippen MR) is 128 cm³/mol. The number of aromatic nitrogens is 6. The van der Waals surface area contributed by atoms with Gasteiger partial charge in [0.2, 0.25) is 5.88 Å². The first kappa shape index (κ1) is 24.8. The van der Waals surface area contributed by atoms with Crippen LogP contribution in [-0.4, -0.2) is 49.7 Å². The number of pyridine rings is 2. The molecule has 0 bridgehead atoms. The minimum atomic E-state index is -4.81. The molecule has 4 heterocycles. The van der Waals surface area contributed by atoms with Gasteiger partial charge in [-0.3, -0.25) is 0 Å². The van der Waals surface area contributed by atoms with Crippen LogP contribution < -0.4 is 15.4 Å². The third kappa shape index (κ3) is 5.46. The molecule has 0 unspecified atom stereocenters. The number of nitrogens with zero attached hydrogens (tertiary/aromatic N) is 6. The molecule has 0 radical (unpaired) electrons. The van der Waals surface area contributed by atoms with Gasteiger partial charge in [0.25, 0.3) is 0 Å². The summed E-state index contributed by atoms with van der Waals surface area (Å²) in [5.41, 5.74) is 0.104. The molecule has 1 aliphatic rings. The van der Waals surface area contributed by atoms with E-state index in [0.29, 0.717) is 34.1 Å². The average Bonchev–Trinajstić information content (AvgIpc) is 3.34. The van der Waals surface area contributed by atoms with Crippen molar-refractivity contribution < 1.29 is 27.4 Å². The van der Waals surface area contributed by atoms with Crippen LogP contribution in [0.1, 0.15) is 29.0 Å². The Bertz CT molecular complexity index is 1440. The summed E-state index contributed by atoms with van der Waals surface area (Å²) in [6.45, 7) is 2.64. The van der Waals surface area contributed by atoms with E-state index in [4.69, 9.17) is 9.47 Å². The van der Waals surface area contributed by atoms with Crippen molar-refractivity contribution in [2.24, 2.45) is 5.92 Å². The zero-order chi connectivity index (χ0) is 26.2. The SMILES string of the molecule is COc1nc(-n2nccn2)c(C(F)(F)F)cc1NC(=O)Nc1cnc2sc(C)nc2c1COCC1CC1. The molecule has 2 amide bonds. The third-order valence-electron chi connectivity index (χ3n) is 5.51. The number of alkyl halides is 3. The molecule has 1 fully saturated rings. The van der Waals surface area contributed by atoms with E-state index in [1.54, 1.807) is 0 Å². The van der Waals surface area contributed by atoms with E-state index in [0.717, 1.165) is 28.7 Å². The second-order valence-corrected chi connectivity index (χ2v) is 9.49. The van der Waals surface area contributed by atoms with Gasteiger partial charge in [-0.25, -0.2) is 14.8 Å². The van der Waals surface area contributed by atoms with E-state index in [9.17, 15) is 18.0 Å². The van der Waals surface area contributed by atoms with E-state index in [2.05, 4.69) is 35.8 Å². The monoisotopic (exact) mass is 534 g/mol. The van der Waals surface area contributed by atoms with E-state index in [-0.39, 0.29) is 18.2 Å². The smallest absolute Gasteiger partial charge is 0.420 e. The number of aryl methyl sites for hydroxylation is 1. The molecule has 194 valence electrons. The summed E-state index contributed by atoms with van der Waals surface area (Å²) in [6, 6.07) is -0.107. The molecule has 2 N–H and O–H groups in total. The minimum Gasteiger partial charge on any atom is -0.479 e. The van der Waals surface area contributed by atoms with E-state index in [1.165, 1.54) is 37.0 Å². The molecule has 0 atom stereocenters. The Morgan fingerprint density at radius 2 is 1.92 bits per heavy atom. The maximum absolute atomic E-state index is 13.8. The van der Waals surface area contributed by atoms with Crippen LogP contribution in [0.4, 0.5) is 29.3 Å². The van der Waals surface area contributed by atoms with Crippen LogP contribution in [0, 0.1) is 12.8 Å². The number of carbonyl (C=O) groups excluding carboxylic acids is 1. The number of fused-ring (bicyclic) bond motifs is 1. The molecule has 0 spiro atoms. The van der Waals surface area contributed by atoms with Crippen LogP contribution in [0.5, 0.6) is 5.88 Å². The van der Waals surface area contributed by atoms with Gasteiger partial charge in [-0.05, 0) is 31.7 Å². The number of hydrogen-bond donors (Lipinski definition) is 2. The number of methoxy groups -OCH3 is 1. The first-order valence-corrected chi connectivity index (χ1v) is 12.0. The Morgan fingerprint density at radius 1 is 1.19 bits per heavy atom. The second-order valence-electron chi connectivity index (χ2n) is 8.31. The number of anilines is 2. The molecule has 1 saturated carbocycles. The normalized spacial score (nSPS) is 13.6. The van der Waals surface area contributed by atoms with Crippen LogP contribution >= 0.6 is 11.3 Å². The first-order chi connectivity index (χ1) is 17.7. The van der Waals surface area contributed by atoms with Crippen molar-refractivity contribution in [3.63, 3.8) is 0 Å². The lowest BCUT2D eigenvalue weighted by Crippen LogP contribution is -2.23. The number of rotatable bonds is 8. The molecule has 4 aromatic rings. The molecule has 0 aliphatic heterocycles. The van der Waals surface area contributed by atoms with Gasteiger partial charge < -0.3 is 20.1 Å². The molecule has 5 rings (SSSR count). The molecule has 4 aromatic heterocycles. The van der Waals surface area contributed by atoms with Crippen molar-refractivity contribution in [1.29, 1.82) is 0 Å². The Kier molecular flexibility index (Phi) is 6.64. The highest BCUT2D eigenvalue weighted by Gasteiger charge is 2.37. The van der Waals surface area contributed by atoms with Gasteiger partial charge in [-0.2, -0.15) is 28.4 Å². The van der Waals surface area contributed by atoms with Crippen molar-refractivity contribution in [2.75, 3.05) is 24.4 Å². The van der Waals surface area contributed by atoms with E-state index >= 15 is 0 Å². The fourth-order valence-electron chi connectivity index (χ4n) is 3.59. The Labute approximate surface area is 212 Å². The molecular weight excluding hydrogens is 513 g/mol. The largest absolute Gasteiger partial charge is 0.479 e. The van der Waals surface area contributed by atoms with Crippen molar-refractivity contribution in [3.8, 4) is 11.7 Å². The zero-order valence-electron chi connectivity index (χ0n) is 19.7. The van der Waals surface area contributed by atoms with Gasteiger partial charge in [0.05, 0.1) is 43.0 Å². The van der Waals surface area contributed by atoms with Crippen molar-refractivity contribution in [1.82, 2.24) is 29.9 Å². The number of thiazole rings is 1. The molecule has 11 nitrogen and oxygen atoms in total. The van der Waals surface area contributed by atoms with Gasteiger partial charge in [-0.15, -0.1) is 4.80 Å². The predicted octanol–water partition coefficient (Wildman–Crippen LogP) is 4.57. The van der Waals surface area contributed by atoms with Crippen LogP contribution in [0.3, 0.4) is 0 Å². The minimum absolute atomic E-state index is 0.197. The highest BCUT2D eigenvalue weighted by molar-refractivity contribution is 7.18. The standard InChI is InChI=1S/C22H21F3N8O3S/c1-11-29-17-13(10-36-9-12-3-4-12)16(8-26-20(17)37-11)31-21(34)30-15-7-14(22(23,24)25)18(32-19(15)35-2)33-27-5-6-28-33/h5-8,12H,3-4,9-10H2,1-2H3,(H2,30,31,34). The van der Waals surface area contributed by atoms with E-state index in [1.807, 2.05) is 6.92 Å². The van der Waals surface area contributed by atoms with Crippen molar-refractivity contribution in [2.45, 2.75) is 32.5 Å². The summed E-state index contributed by atoms with van der Waals surface area (Å²) in [4.78, 5) is 27.1. The number of halogens is 3. The molecule has 15 heteroatoms. The number of hydrogen-bond acceptors (Lipinski definition) is 9. The molecule has 0 saturated heterocycles. The lowest BCUT2D eigenvalue weighted by atomic mass is 10.2. The summed E-state index contributed by atoms with van der Waals surface area (Å²) in [6.07, 6.45) is 1.35. The van der Waals surface area contributed by atoms with Gasteiger partial charge in [0.1, 0.15) is 21.6 Å². The quantitative estimate of drug-likeness (QED) is 0.336. The summed E-state index contributed by atoms with van der Waals surface area (Å²) in [5.74, 6) is -0.312. The van der Waals surface area contributed by atoms with Crippen LogP contribution in [0.25, 0.3) is 16.2 Å². The number of ether oxygens (including phenoxy) is 2. The molecular formula is C22H21F3N8O3S. The van der Waals surface area contributed by atoms with E-state index < -0.39 is 23.6 Å². The van der Waals surface area contributed by atoms with Crippen LogP contribution in [-0.2, 0) is 17.5 Å². The summed E-state index contributed by atoms with van der Waals surface area (Å²) >= 11 is 1.41. The number of carbonyl (C=O) groups is 1.